The normalized spacial score (nSPS) is 24.1. The molecule has 0 aromatic rings. The second-order valence-electron chi connectivity index (χ2n) is 7.87. The summed E-state index contributed by atoms with van der Waals surface area (Å²) in [6.07, 6.45) is 9.94. The fraction of sp³-hybridized carbons (Fsp3) is 0.737. The average molecular weight is 419 g/mol. The van der Waals surface area contributed by atoms with Crippen molar-refractivity contribution in [1.29, 1.82) is 0 Å². The average Bonchev–Trinajstić information content (AvgIpc) is 2.57. The van der Waals surface area contributed by atoms with E-state index in [0.29, 0.717) is 25.9 Å². The molecule has 0 aromatic carbocycles. The fourth-order valence-electron chi connectivity index (χ4n) is 2.69. The van der Waals surface area contributed by atoms with Crippen LogP contribution in [0, 0.1) is 5.92 Å². The Bertz CT molecular complexity index is 573. The lowest BCUT2D eigenvalue weighted by molar-refractivity contribution is -0.146. The summed E-state index contributed by atoms with van der Waals surface area (Å²) in [6, 6.07) is -0.441. The molecule has 162 valence electrons. The Hall–Kier alpha value is -1.90. The minimum absolute atomic E-state index is 0.346. The van der Waals surface area contributed by atoms with Crippen LogP contribution in [0.5, 0.6) is 0 Å². The van der Waals surface area contributed by atoms with E-state index in [1.54, 1.807) is 20.2 Å². The van der Waals surface area contributed by atoms with Gasteiger partial charge in [0, 0.05) is 25.9 Å². The van der Waals surface area contributed by atoms with Crippen molar-refractivity contribution in [1.82, 2.24) is 10.2 Å². The van der Waals surface area contributed by atoms with Gasteiger partial charge in [0.05, 0.1) is 13.0 Å². The molecule has 0 saturated carbocycles. The molecule has 1 aliphatic rings. The molecular formula is C19H34N2O6S. The number of esters is 1. The zero-order valence-corrected chi connectivity index (χ0v) is 18.5. The maximum Gasteiger partial charge on any atom is 0.409 e. The predicted octanol–water partition coefficient (Wildman–Crippen LogP) is 2.37. The van der Waals surface area contributed by atoms with E-state index in [-0.39, 0.29) is 0 Å². The van der Waals surface area contributed by atoms with Gasteiger partial charge < -0.3 is 24.4 Å². The van der Waals surface area contributed by atoms with Crippen molar-refractivity contribution in [2.75, 3.05) is 52.3 Å². The zero-order chi connectivity index (χ0) is 21.3. The molecular weight excluding hydrogens is 384 g/mol. The van der Waals surface area contributed by atoms with Gasteiger partial charge in [0.2, 0.25) is 0 Å². The van der Waals surface area contributed by atoms with Gasteiger partial charge in [0.25, 0.3) is 0 Å². The van der Waals surface area contributed by atoms with Gasteiger partial charge in [-0.1, -0.05) is 6.08 Å². The lowest BCUT2D eigenvalue weighted by atomic mass is 9.88. The number of carbonyl (C=O) groups is 3. The number of ether oxygens (including phenoxy) is 3. The zero-order valence-electron chi connectivity index (χ0n) is 17.7. The molecule has 0 bridgehead atoms. The molecule has 2 amide bonds. The van der Waals surface area contributed by atoms with E-state index >= 15 is 0 Å². The first kappa shape index (κ1) is 24.1. The molecule has 28 heavy (non-hydrogen) atoms. The second kappa shape index (κ2) is 11.2. The standard InChI is InChI=1S/C19H34N2O6S/c1-21(2)19(24)27-14-8-7-9-16(15(11-10-14)17(22)25-3)20-18(23)26-12-13-28(4,5)6/h7-8,14-16H,9-13H2,1-6H3,(H,20,23)/b8-7+/t14-,15-,16-/m0/s1. The Balaban J connectivity index is 2.73. The first-order valence-electron chi connectivity index (χ1n) is 9.25. The first-order chi connectivity index (χ1) is 13.0. The first-order valence-corrected chi connectivity index (χ1v) is 12.3. The van der Waals surface area contributed by atoms with Crippen molar-refractivity contribution in [3.63, 3.8) is 0 Å². The van der Waals surface area contributed by atoms with E-state index in [4.69, 9.17) is 14.2 Å². The Morgan fingerprint density at radius 3 is 2.43 bits per heavy atom. The van der Waals surface area contributed by atoms with Crippen molar-refractivity contribution >= 4 is 28.2 Å². The molecule has 0 unspecified atom stereocenters. The summed E-state index contributed by atoms with van der Waals surface area (Å²) in [5, 5.41) is 2.79. The number of methoxy groups -OCH3 is 1. The molecule has 0 spiro atoms. The number of nitrogens with zero attached hydrogens (tertiary/aromatic N) is 1. The Labute approximate surface area is 169 Å². The molecule has 0 saturated heterocycles. The number of hydrogen-bond donors (Lipinski definition) is 1. The molecule has 0 radical (unpaired) electrons. The van der Waals surface area contributed by atoms with Crippen molar-refractivity contribution < 1.29 is 28.6 Å². The number of rotatable bonds is 6. The Kier molecular flexibility index (Phi) is 9.64. The number of amides is 2. The molecule has 0 fully saturated rings. The van der Waals surface area contributed by atoms with E-state index in [2.05, 4.69) is 24.1 Å². The van der Waals surface area contributed by atoms with Gasteiger partial charge in [-0.05, 0) is 44.1 Å². The van der Waals surface area contributed by atoms with Gasteiger partial charge in [-0.15, -0.1) is 0 Å². The fourth-order valence-corrected chi connectivity index (χ4v) is 3.27. The van der Waals surface area contributed by atoms with E-state index in [0.717, 1.165) is 5.75 Å². The summed E-state index contributed by atoms with van der Waals surface area (Å²) < 4.78 is 15.6. The van der Waals surface area contributed by atoms with E-state index in [1.807, 2.05) is 6.08 Å². The largest absolute Gasteiger partial charge is 0.469 e. The molecule has 0 aromatic heterocycles. The van der Waals surface area contributed by atoms with Crippen LogP contribution in [0.15, 0.2) is 12.2 Å². The summed E-state index contributed by atoms with van der Waals surface area (Å²) in [6.45, 7) is 0.346. The van der Waals surface area contributed by atoms with Crippen LogP contribution in [0.3, 0.4) is 0 Å². The minimum Gasteiger partial charge on any atom is -0.469 e. The quantitative estimate of drug-likeness (QED) is 0.404. The number of hydrogen-bond acceptors (Lipinski definition) is 6. The second-order valence-corrected chi connectivity index (χ2v) is 12.5. The molecule has 8 nitrogen and oxygen atoms in total. The van der Waals surface area contributed by atoms with Gasteiger partial charge >= 0.3 is 18.2 Å². The van der Waals surface area contributed by atoms with E-state index < -0.39 is 46.2 Å². The molecule has 1 aliphatic carbocycles. The molecule has 9 heteroatoms. The van der Waals surface area contributed by atoms with Gasteiger partial charge in [0.1, 0.15) is 12.7 Å². The van der Waals surface area contributed by atoms with Crippen molar-refractivity contribution in [2.45, 2.75) is 31.4 Å². The van der Waals surface area contributed by atoms with Gasteiger partial charge in [-0.3, -0.25) is 4.79 Å². The van der Waals surface area contributed by atoms with Crippen molar-refractivity contribution in [3.05, 3.63) is 12.2 Å². The highest BCUT2D eigenvalue weighted by Gasteiger charge is 2.32. The van der Waals surface area contributed by atoms with E-state index in [1.165, 1.54) is 12.0 Å². The summed E-state index contributed by atoms with van der Waals surface area (Å²) in [7, 11) is 3.79. The summed E-state index contributed by atoms with van der Waals surface area (Å²) in [5.41, 5.74) is 0. The van der Waals surface area contributed by atoms with Crippen LogP contribution in [0.25, 0.3) is 0 Å². The van der Waals surface area contributed by atoms with Gasteiger partial charge in [-0.25, -0.2) is 19.6 Å². The van der Waals surface area contributed by atoms with Crippen LogP contribution >= 0.6 is 10.0 Å². The summed E-state index contributed by atoms with van der Waals surface area (Å²) in [4.78, 5) is 37.5. The highest BCUT2D eigenvalue weighted by Crippen LogP contribution is 2.33. The molecule has 3 atom stereocenters. The van der Waals surface area contributed by atoms with Crippen LogP contribution in [0.2, 0.25) is 0 Å². The third kappa shape index (κ3) is 8.86. The third-order valence-electron chi connectivity index (χ3n) is 4.34. The lowest BCUT2D eigenvalue weighted by Crippen LogP contribution is -2.45. The molecule has 1 rings (SSSR count). The topological polar surface area (TPSA) is 94.2 Å². The Morgan fingerprint density at radius 1 is 1.18 bits per heavy atom. The maximum atomic E-state index is 12.3. The highest BCUT2D eigenvalue weighted by atomic mass is 32.3. The monoisotopic (exact) mass is 418 g/mol. The predicted molar refractivity (Wildman–Crippen MR) is 111 cm³/mol. The minimum atomic E-state index is -0.749. The molecule has 0 heterocycles. The SMILES string of the molecule is COC(=O)[C@H]1CC[C@@H](OC(=O)N(C)C)/C=C/C[C@@H]1NC(=O)OCCS(C)(C)C. The summed E-state index contributed by atoms with van der Waals surface area (Å²) >= 11 is 0. The van der Waals surface area contributed by atoms with Gasteiger partial charge in [-0.2, -0.15) is 0 Å². The lowest BCUT2D eigenvalue weighted by Gasteiger charge is -2.29. The molecule has 1 N–H and O–H groups in total. The molecule has 0 aliphatic heterocycles. The Morgan fingerprint density at radius 2 is 1.86 bits per heavy atom. The highest BCUT2D eigenvalue weighted by molar-refractivity contribution is 8.32. The van der Waals surface area contributed by atoms with Crippen LogP contribution < -0.4 is 5.32 Å². The summed E-state index contributed by atoms with van der Waals surface area (Å²) in [5.74, 6) is -0.127. The van der Waals surface area contributed by atoms with Crippen molar-refractivity contribution in [3.8, 4) is 0 Å². The third-order valence-corrected chi connectivity index (χ3v) is 5.73. The van der Waals surface area contributed by atoms with Gasteiger partial charge in [0.15, 0.2) is 0 Å². The number of carbonyl (C=O) groups excluding carboxylic acids is 3. The number of nitrogens with one attached hydrogen (secondary N) is 1. The van der Waals surface area contributed by atoms with E-state index in [9.17, 15) is 14.4 Å². The van der Waals surface area contributed by atoms with Crippen molar-refractivity contribution in [2.24, 2.45) is 5.92 Å². The number of alkyl carbamates (subject to hydrolysis) is 1. The van der Waals surface area contributed by atoms with Crippen LogP contribution in [-0.2, 0) is 19.0 Å². The van der Waals surface area contributed by atoms with Crippen LogP contribution in [0.4, 0.5) is 9.59 Å². The van der Waals surface area contributed by atoms with Crippen LogP contribution in [0.1, 0.15) is 19.3 Å². The van der Waals surface area contributed by atoms with Crippen LogP contribution in [-0.4, -0.2) is 87.5 Å². The maximum absolute atomic E-state index is 12.3. The smallest absolute Gasteiger partial charge is 0.409 e.